The number of benzene rings is 2. The number of amides is 1. The Balaban J connectivity index is 1.66. The molecule has 0 radical (unpaired) electrons. The third kappa shape index (κ3) is 2.96. The number of fused-ring (bicyclic) bond motifs is 1. The molecule has 3 rings (SSSR count). The molecule has 1 unspecified atom stereocenters. The molecule has 2 aromatic rings. The van der Waals surface area contributed by atoms with Crippen LogP contribution in [-0.2, 0) is 16.0 Å². The highest BCUT2D eigenvalue weighted by Gasteiger charge is 2.33. The fourth-order valence-electron chi connectivity index (χ4n) is 3.11. The van der Waals surface area contributed by atoms with Crippen molar-refractivity contribution in [3.8, 4) is 0 Å². The molecule has 1 N–H and O–H groups in total. The molecule has 2 aromatic carbocycles. The van der Waals surface area contributed by atoms with E-state index in [4.69, 9.17) is 5.11 Å². The second kappa shape index (κ2) is 6.18. The van der Waals surface area contributed by atoms with Crippen molar-refractivity contribution >= 4 is 22.6 Å². The molecule has 1 aliphatic heterocycles. The minimum atomic E-state index is -0.892. The lowest BCUT2D eigenvalue weighted by Crippen LogP contribution is -2.40. The molecule has 1 atom stereocenters. The third-order valence-corrected chi connectivity index (χ3v) is 4.30. The van der Waals surface area contributed by atoms with Crippen LogP contribution in [0.1, 0.15) is 24.8 Å². The van der Waals surface area contributed by atoms with Gasteiger partial charge in [0.25, 0.3) is 0 Å². The van der Waals surface area contributed by atoms with E-state index in [2.05, 4.69) is 24.3 Å². The number of carboxylic acids is 1. The van der Waals surface area contributed by atoms with Gasteiger partial charge in [-0.25, -0.2) is 4.79 Å². The van der Waals surface area contributed by atoms with Crippen molar-refractivity contribution in [2.75, 3.05) is 6.54 Å². The van der Waals surface area contributed by atoms with Gasteiger partial charge < -0.3 is 10.0 Å². The first-order valence-electron chi connectivity index (χ1n) is 7.65. The Morgan fingerprint density at radius 2 is 1.91 bits per heavy atom. The van der Waals surface area contributed by atoms with Crippen LogP contribution < -0.4 is 0 Å². The Labute approximate surface area is 129 Å². The third-order valence-electron chi connectivity index (χ3n) is 4.30. The summed E-state index contributed by atoms with van der Waals surface area (Å²) in [6.07, 6.45) is 2.35. The summed E-state index contributed by atoms with van der Waals surface area (Å²) >= 11 is 0. The van der Waals surface area contributed by atoms with E-state index in [-0.39, 0.29) is 5.91 Å². The summed E-state index contributed by atoms with van der Waals surface area (Å²) in [5.74, 6) is -0.949. The average molecular weight is 297 g/mol. The molecule has 0 bridgehead atoms. The van der Waals surface area contributed by atoms with Gasteiger partial charge in [0.15, 0.2) is 0 Å². The number of carbonyl (C=O) groups is 2. The van der Waals surface area contributed by atoms with Gasteiger partial charge in [-0.15, -0.1) is 0 Å². The van der Waals surface area contributed by atoms with Crippen LogP contribution in [-0.4, -0.2) is 34.5 Å². The first-order valence-corrected chi connectivity index (χ1v) is 7.65. The van der Waals surface area contributed by atoms with Crippen molar-refractivity contribution in [3.63, 3.8) is 0 Å². The number of carbonyl (C=O) groups excluding carboxylic acids is 1. The van der Waals surface area contributed by atoms with Crippen LogP contribution in [0.25, 0.3) is 10.8 Å². The summed E-state index contributed by atoms with van der Waals surface area (Å²) in [4.78, 5) is 24.9. The first-order chi connectivity index (χ1) is 10.6. The van der Waals surface area contributed by atoms with Crippen LogP contribution in [0.5, 0.6) is 0 Å². The van der Waals surface area contributed by atoms with Crippen LogP contribution in [0.4, 0.5) is 0 Å². The van der Waals surface area contributed by atoms with Gasteiger partial charge in [-0.05, 0) is 35.6 Å². The maximum absolute atomic E-state index is 12.3. The molecule has 1 aliphatic rings. The fraction of sp³-hybridized carbons (Fsp3) is 0.333. The SMILES string of the molecule is O=C(O)C1CCCN1C(=O)CCc1ccc2ccccc2c1. The van der Waals surface area contributed by atoms with Crippen LogP contribution in [0.15, 0.2) is 42.5 Å². The zero-order valence-corrected chi connectivity index (χ0v) is 12.4. The number of hydrogen-bond donors (Lipinski definition) is 1. The molecule has 1 amide bonds. The molecule has 4 nitrogen and oxygen atoms in total. The average Bonchev–Trinajstić information content (AvgIpc) is 3.02. The second-order valence-corrected chi connectivity index (χ2v) is 5.76. The van der Waals surface area contributed by atoms with Crippen molar-refractivity contribution in [2.45, 2.75) is 31.7 Å². The Morgan fingerprint density at radius 3 is 2.68 bits per heavy atom. The van der Waals surface area contributed by atoms with E-state index in [0.29, 0.717) is 25.8 Å². The molecular formula is C18H19NO3. The van der Waals surface area contributed by atoms with Gasteiger partial charge in [0.2, 0.25) is 5.91 Å². The number of aryl methyl sites for hydroxylation is 1. The number of aliphatic carboxylic acids is 1. The number of likely N-dealkylation sites (tertiary alicyclic amines) is 1. The summed E-state index contributed by atoms with van der Waals surface area (Å²) in [6, 6.07) is 13.7. The van der Waals surface area contributed by atoms with E-state index in [9.17, 15) is 9.59 Å². The van der Waals surface area contributed by atoms with Gasteiger partial charge in [-0.1, -0.05) is 42.5 Å². The maximum Gasteiger partial charge on any atom is 0.326 e. The van der Waals surface area contributed by atoms with E-state index in [1.54, 1.807) is 0 Å². The van der Waals surface area contributed by atoms with Crippen molar-refractivity contribution in [3.05, 3.63) is 48.0 Å². The lowest BCUT2D eigenvalue weighted by atomic mass is 10.0. The molecule has 114 valence electrons. The number of hydrogen-bond acceptors (Lipinski definition) is 2. The largest absolute Gasteiger partial charge is 0.480 e. The lowest BCUT2D eigenvalue weighted by molar-refractivity contribution is -0.148. The zero-order valence-electron chi connectivity index (χ0n) is 12.4. The van der Waals surface area contributed by atoms with Crippen LogP contribution >= 0.6 is 0 Å². The molecule has 1 heterocycles. The Morgan fingerprint density at radius 1 is 1.14 bits per heavy atom. The summed E-state index contributed by atoms with van der Waals surface area (Å²) < 4.78 is 0. The molecule has 0 spiro atoms. The van der Waals surface area contributed by atoms with E-state index >= 15 is 0 Å². The lowest BCUT2D eigenvalue weighted by Gasteiger charge is -2.21. The molecule has 22 heavy (non-hydrogen) atoms. The Kier molecular flexibility index (Phi) is 4.09. The van der Waals surface area contributed by atoms with Crippen molar-refractivity contribution in [1.82, 2.24) is 4.90 Å². The minimum absolute atomic E-state index is 0.0574. The second-order valence-electron chi connectivity index (χ2n) is 5.76. The molecular weight excluding hydrogens is 278 g/mol. The topological polar surface area (TPSA) is 57.6 Å². The Hall–Kier alpha value is -2.36. The maximum atomic E-state index is 12.3. The fourth-order valence-corrected chi connectivity index (χ4v) is 3.11. The van der Waals surface area contributed by atoms with Gasteiger partial charge in [-0.3, -0.25) is 4.79 Å². The van der Waals surface area contributed by atoms with Crippen LogP contribution in [0, 0.1) is 0 Å². The van der Waals surface area contributed by atoms with Gasteiger partial charge in [-0.2, -0.15) is 0 Å². The summed E-state index contributed by atoms with van der Waals surface area (Å²) in [5.41, 5.74) is 1.11. The quantitative estimate of drug-likeness (QED) is 0.944. The normalized spacial score (nSPS) is 17.8. The minimum Gasteiger partial charge on any atom is -0.480 e. The van der Waals surface area contributed by atoms with E-state index < -0.39 is 12.0 Å². The molecule has 0 saturated carbocycles. The first kappa shape index (κ1) is 14.6. The van der Waals surface area contributed by atoms with Crippen LogP contribution in [0.2, 0.25) is 0 Å². The summed E-state index contributed by atoms with van der Waals surface area (Å²) in [6.45, 7) is 0.563. The van der Waals surface area contributed by atoms with Gasteiger partial charge in [0.05, 0.1) is 0 Å². The van der Waals surface area contributed by atoms with E-state index in [1.807, 2.05) is 18.2 Å². The predicted octanol–water partition coefficient (Wildman–Crippen LogP) is 2.85. The number of nitrogens with zero attached hydrogens (tertiary/aromatic N) is 1. The smallest absolute Gasteiger partial charge is 0.326 e. The molecule has 0 aromatic heterocycles. The zero-order chi connectivity index (χ0) is 15.5. The van der Waals surface area contributed by atoms with Crippen molar-refractivity contribution in [2.24, 2.45) is 0 Å². The highest BCUT2D eigenvalue weighted by Crippen LogP contribution is 2.20. The standard InChI is InChI=1S/C18H19NO3/c20-17(19-11-3-6-16(19)18(21)22)10-8-13-7-9-14-4-1-2-5-15(14)12-13/h1-2,4-5,7,9,12,16H,3,6,8,10-11H2,(H,21,22). The predicted molar refractivity (Wildman–Crippen MR) is 84.6 cm³/mol. The van der Waals surface area contributed by atoms with Gasteiger partial charge >= 0.3 is 5.97 Å². The molecule has 1 saturated heterocycles. The van der Waals surface area contributed by atoms with Crippen molar-refractivity contribution < 1.29 is 14.7 Å². The molecule has 4 heteroatoms. The summed E-state index contributed by atoms with van der Waals surface area (Å²) in [7, 11) is 0. The van der Waals surface area contributed by atoms with E-state index in [0.717, 1.165) is 17.4 Å². The number of carboxylic acid groups (broad SMARTS) is 1. The Bertz CT molecular complexity index is 710. The molecule has 1 fully saturated rings. The monoisotopic (exact) mass is 297 g/mol. The highest BCUT2D eigenvalue weighted by molar-refractivity contribution is 5.85. The van der Waals surface area contributed by atoms with Crippen molar-refractivity contribution in [1.29, 1.82) is 0 Å². The highest BCUT2D eigenvalue weighted by atomic mass is 16.4. The van der Waals surface area contributed by atoms with E-state index in [1.165, 1.54) is 10.3 Å². The van der Waals surface area contributed by atoms with Gasteiger partial charge in [0, 0.05) is 13.0 Å². The number of rotatable bonds is 4. The van der Waals surface area contributed by atoms with Gasteiger partial charge in [0.1, 0.15) is 6.04 Å². The van der Waals surface area contributed by atoms with Crippen LogP contribution in [0.3, 0.4) is 0 Å². The summed E-state index contributed by atoms with van der Waals surface area (Å²) in [5, 5.41) is 11.5. The molecule has 0 aliphatic carbocycles.